The molecule has 1 N–H and O–H groups in total. The fourth-order valence-electron chi connectivity index (χ4n) is 2.70. The normalized spacial score (nSPS) is 28.1. The monoisotopic (exact) mass is 249 g/mol. The highest BCUT2D eigenvalue weighted by molar-refractivity contribution is 5.32. The molecule has 0 saturated carbocycles. The second-order valence-corrected chi connectivity index (χ2v) is 4.94. The van der Waals surface area contributed by atoms with Crippen molar-refractivity contribution in [3.05, 3.63) is 29.8 Å². The zero-order valence-electron chi connectivity index (χ0n) is 11.5. The summed E-state index contributed by atoms with van der Waals surface area (Å²) in [5, 5.41) is 3.55. The molecule has 1 heterocycles. The number of benzene rings is 1. The molecule has 100 valence electrons. The van der Waals surface area contributed by atoms with Crippen LogP contribution in [0.2, 0.25) is 0 Å². The van der Waals surface area contributed by atoms with Gasteiger partial charge in [0.25, 0.3) is 0 Å². The maximum atomic E-state index is 6.09. The summed E-state index contributed by atoms with van der Waals surface area (Å²) in [6.45, 7) is 6.13. The summed E-state index contributed by atoms with van der Waals surface area (Å²) in [5.41, 5.74) is 0.981. The van der Waals surface area contributed by atoms with Crippen LogP contribution in [0, 0.1) is 0 Å². The van der Waals surface area contributed by atoms with E-state index in [-0.39, 0.29) is 5.60 Å². The van der Waals surface area contributed by atoms with Gasteiger partial charge in [-0.15, -0.1) is 0 Å². The largest absolute Gasteiger partial charge is 0.497 e. The first-order valence-corrected chi connectivity index (χ1v) is 6.72. The topological polar surface area (TPSA) is 30.5 Å². The molecular formula is C15H23NO2. The number of rotatable bonds is 4. The van der Waals surface area contributed by atoms with Gasteiger partial charge in [0.15, 0.2) is 0 Å². The lowest BCUT2D eigenvalue weighted by molar-refractivity contribution is -0.0935. The third-order valence-electron chi connectivity index (χ3n) is 3.82. The molecule has 1 aliphatic heterocycles. The lowest BCUT2D eigenvalue weighted by Gasteiger charge is -2.42. The van der Waals surface area contributed by atoms with Crippen molar-refractivity contribution < 1.29 is 9.47 Å². The Hall–Kier alpha value is -1.06. The van der Waals surface area contributed by atoms with E-state index < -0.39 is 0 Å². The van der Waals surface area contributed by atoms with E-state index in [0.29, 0.717) is 6.04 Å². The zero-order valence-corrected chi connectivity index (χ0v) is 11.5. The molecule has 0 spiro atoms. The lowest BCUT2D eigenvalue weighted by Crippen LogP contribution is -2.51. The Balaban J connectivity index is 2.25. The van der Waals surface area contributed by atoms with Crippen LogP contribution < -0.4 is 10.1 Å². The van der Waals surface area contributed by atoms with Gasteiger partial charge in [0.05, 0.1) is 7.11 Å². The van der Waals surface area contributed by atoms with Crippen LogP contribution in [0.15, 0.2) is 24.3 Å². The molecule has 1 aromatic carbocycles. The molecule has 0 aliphatic carbocycles. The van der Waals surface area contributed by atoms with Gasteiger partial charge in [-0.25, -0.2) is 0 Å². The van der Waals surface area contributed by atoms with Crippen molar-refractivity contribution in [1.82, 2.24) is 5.32 Å². The van der Waals surface area contributed by atoms with Gasteiger partial charge in [-0.2, -0.15) is 0 Å². The van der Waals surface area contributed by atoms with E-state index in [1.54, 1.807) is 7.11 Å². The average molecular weight is 249 g/mol. The molecule has 0 bridgehead atoms. The smallest absolute Gasteiger partial charge is 0.118 e. The molecule has 2 unspecified atom stereocenters. The summed E-state index contributed by atoms with van der Waals surface area (Å²) in [4.78, 5) is 0. The van der Waals surface area contributed by atoms with E-state index in [9.17, 15) is 0 Å². The summed E-state index contributed by atoms with van der Waals surface area (Å²) in [7, 11) is 1.69. The van der Waals surface area contributed by atoms with E-state index in [4.69, 9.17) is 9.47 Å². The van der Waals surface area contributed by atoms with Crippen molar-refractivity contribution in [1.29, 1.82) is 0 Å². The molecule has 18 heavy (non-hydrogen) atoms. The van der Waals surface area contributed by atoms with Gasteiger partial charge in [-0.05, 0) is 44.0 Å². The Labute approximate surface area is 109 Å². The van der Waals surface area contributed by atoms with Crippen LogP contribution in [0.3, 0.4) is 0 Å². The van der Waals surface area contributed by atoms with Crippen LogP contribution in [0.4, 0.5) is 0 Å². The van der Waals surface area contributed by atoms with Crippen molar-refractivity contribution in [3.63, 3.8) is 0 Å². The second-order valence-electron chi connectivity index (χ2n) is 4.94. The highest BCUT2D eigenvalue weighted by Crippen LogP contribution is 2.35. The fourth-order valence-corrected chi connectivity index (χ4v) is 2.70. The molecule has 1 aromatic rings. The third kappa shape index (κ3) is 2.52. The van der Waals surface area contributed by atoms with Gasteiger partial charge >= 0.3 is 0 Å². The van der Waals surface area contributed by atoms with Crippen molar-refractivity contribution >= 4 is 0 Å². The van der Waals surface area contributed by atoms with E-state index in [1.807, 2.05) is 12.1 Å². The van der Waals surface area contributed by atoms with Gasteiger partial charge in [0, 0.05) is 12.6 Å². The van der Waals surface area contributed by atoms with Crippen LogP contribution in [0.25, 0.3) is 0 Å². The van der Waals surface area contributed by atoms with Gasteiger partial charge in [-0.3, -0.25) is 0 Å². The van der Waals surface area contributed by atoms with Gasteiger partial charge in [-0.1, -0.05) is 19.1 Å². The van der Waals surface area contributed by atoms with Crippen molar-refractivity contribution in [3.8, 4) is 5.75 Å². The predicted octanol–water partition coefficient (Wildman–Crippen LogP) is 2.70. The Morgan fingerprint density at radius 3 is 2.72 bits per heavy atom. The SMILES string of the molecule is CCNC1CCCOC1(C)c1ccc(OC)cc1. The van der Waals surface area contributed by atoms with Gasteiger partial charge in [0.1, 0.15) is 11.4 Å². The predicted molar refractivity (Wildman–Crippen MR) is 73.0 cm³/mol. The number of hydrogen-bond donors (Lipinski definition) is 1. The molecular weight excluding hydrogens is 226 g/mol. The first kappa shape index (κ1) is 13.4. The molecule has 2 atom stereocenters. The molecule has 1 aliphatic rings. The Morgan fingerprint density at radius 2 is 2.11 bits per heavy atom. The lowest BCUT2D eigenvalue weighted by atomic mass is 9.83. The number of hydrogen-bond acceptors (Lipinski definition) is 3. The molecule has 1 fully saturated rings. The Bertz CT molecular complexity index is 375. The second kappa shape index (κ2) is 5.72. The molecule has 2 rings (SSSR count). The van der Waals surface area contributed by atoms with E-state index in [0.717, 1.165) is 31.7 Å². The molecule has 0 aromatic heterocycles. The molecule has 0 radical (unpaired) electrons. The van der Waals surface area contributed by atoms with Crippen molar-refractivity contribution in [2.45, 2.75) is 38.3 Å². The van der Waals surface area contributed by atoms with E-state index >= 15 is 0 Å². The number of ether oxygens (including phenoxy) is 2. The third-order valence-corrected chi connectivity index (χ3v) is 3.82. The van der Waals surface area contributed by atoms with E-state index in [2.05, 4.69) is 31.3 Å². The van der Waals surface area contributed by atoms with Crippen molar-refractivity contribution in [2.24, 2.45) is 0 Å². The quantitative estimate of drug-likeness (QED) is 0.890. The summed E-state index contributed by atoms with van der Waals surface area (Å²) in [6.07, 6.45) is 2.29. The van der Waals surface area contributed by atoms with Crippen LogP contribution >= 0.6 is 0 Å². The van der Waals surface area contributed by atoms with Crippen molar-refractivity contribution in [2.75, 3.05) is 20.3 Å². The van der Waals surface area contributed by atoms with E-state index in [1.165, 1.54) is 5.56 Å². The molecule has 3 heteroatoms. The number of likely N-dealkylation sites (N-methyl/N-ethyl adjacent to an activating group) is 1. The molecule has 1 saturated heterocycles. The first-order chi connectivity index (χ1) is 8.70. The summed E-state index contributed by atoms with van der Waals surface area (Å²) in [6, 6.07) is 8.59. The highest BCUT2D eigenvalue weighted by Gasteiger charge is 2.38. The Kier molecular flexibility index (Phi) is 4.25. The average Bonchev–Trinajstić information content (AvgIpc) is 2.42. The zero-order chi connectivity index (χ0) is 13.0. The molecule has 0 amide bonds. The fraction of sp³-hybridized carbons (Fsp3) is 0.600. The highest BCUT2D eigenvalue weighted by atomic mass is 16.5. The maximum absolute atomic E-state index is 6.09. The first-order valence-electron chi connectivity index (χ1n) is 6.72. The number of methoxy groups -OCH3 is 1. The van der Waals surface area contributed by atoms with Crippen LogP contribution in [-0.2, 0) is 10.3 Å². The minimum atomic E-state index is -0.236. The summed E-state index contributed by atoms with van der Waals surface area (Å²) < 4.78 is 11.3. The van der Waals surface area contributed by atoms with Gasteiger partial charge < -0.3 is 14.8 Å². The maximum Gasteiger partial charge on any atom is 0.118 e. The summed E-state index contributed by atoms with van der Waals surface area (Å²) >= 11 is 0. The van der Waals surface area contributed by atoms with Crippen LogP contribution in [0.5, 0.6) is 5.75 Å². The van der Waals surface area contributed by atoms with Crippen LogP contribution in [0.1, 0.15) is 32.3 Å². The van der Waals surface area contributed by atoms with Crippen LogP contribution in [-0.4, -0.2) is 26.3 Å². The number of nitrogens with one attached hydrogen (secondary N) is 1. The van der Waals surface area contributed by atoms with Gasteiger partial charge in [0.2, 0.25) is 0 Å². The summed E-state index contributed by atoms with van der Waals surface area (Å²) in [5.74, 6) is 0.887. The minimum absolute atomic E-state index is 0.236. The standard InChI is InChI=1S/C15H23NO2/c1-4-16-14-6-5-11-18-15(14,2)12-7-9-13(17-3)10-8-12/h7-10,14,16H,4-6,11H2,1-3H3. The Morgan fingerprint density at radius 1 is 1.39 bits per heavy atom. The molecule has 3 nitrogen and oxygen atoms in total. The minimum Gasteiger partial charge on any atom is -0.497 e.